The van der Waals surface area contributed by atoms with Gasteiger partial charge in [-0.3, -0.25) is 0 Å². The molecule has 1 atom stereocenters. The van der Waals surface area contributed by atoms with Crippen LogP contribution in [0.4, 0.5) is 0 Å². The Morgan fingerprint density at radius 3 is 2.10 bits per heavy atom. The zero-order chi connectivity index (χ0) is 20.4. The molecule has 0 aliphatic carbocycles. The number of para-hydroxylation sites is 2. The molecule has 1 nitrogen and oxygen atoms in total. The Morgan fingerprint density at radius 1 is 0.733 bits per heavy atom. The lowest BCUT2D eigenvalue weighted by Gasteiger charge is -2.19. The number of hydrogen-bond acceptors (Lipinski definition) is 0. The van der Waals surface area contributed by atoms with Gasteiger partial charge in [0.25, 0.3) is 0 Å². The van der Waals surface area contributed by atoms with Crippen LogP contribution in [-0.4, -0.2) is 4.40 Å². The standard InChI is InChI=1S/C29H25N/c1-4-18(2)27-23(20-12-6-5-11-19(20)3)17-24-21-13-7-9-15-25(21)30-26-16-10-8-14-22(26)28(27)29(24)30/h5-18H,4H2,1-3H3. The molecule has 146 valence electrons. The maximum atomic E-state index is 2.49. The fourth-order valence-electron chi connectivity index (χ4n) is 5.36. The summed E-state index contributed by atoms with van der Waals surface area (Å²) in [5.41, 5.74) is 9.57. The molecule has 0 aliphatic heterocycles. The second-order valence-electron chi connectivity index (χ2n) is 8.60. The molecule has 2 aromatic heterocycles. The molecule has 30 heavy (non-hydrogen) atoms. The first-order valence-corrected chi connectivity index (χ1v) is 11.0. The van der Waals surface area contributed by atoms with Crippen molar-refractivity contribution in [1.82, 2.24) is 4.40 Å². The van der Waals surface area contributed by atoms with Crippen LogP contribution in [-0.2, 0) is 0 Å². The molecule has 0 spiro atoms. The van der Waals surface area contributed by atoms with Gasteiger partial charge in [0.05, 0.1) is 16.6 Å². The zero-order valence-corrected chi connectivity index (χ0v) is 17.7. The van der Waals surface area contributed by atoms with Gasteiger partial charge in [0.15, 0.2) is 0 Å². The average molecular weight is 388 g/mol. The molecule has 4 aromatic carbocycles. The minimum absolute atomic E-state index is 0.483. The Balaban J connectivity index is 1.95. The van der Waals surface area contributed by atoms with Crippen LogP contribution in [0.2, 0.25) is 0 Å². The number of rotatable bonds is 3. The van der Waals surface area contributed by atoms with Gasteiger partial charge in [0.2, 0.25) is 0 Å². The molecular weight excluding hydrogens is 362 g/mol. The summed E-state index contributed by atoms with van der Waals surface area (Å²) in [6.07, 6.45) is 1.12. The Labute approximate surface area is 176 Å². The van der Waals surface area contributed by atoms with Crippen molar-refractivity contribution in [2.24, 2.45) is 0 Å². The van der Waals surface area contributed by atoms with Gasteiger partial charge in [0, 0.05) is 21.5 Å². The maximum absolute atomic E-state index is 2.49. The smallest absolute Gasteiger partial charge is 0.0623 e. The second-order valence-corrected chi connectivity index (χ2v) is 8.60. The summed E-state index contributed by atoms with van der Waals surface area (Å²) in [4.78, 5) is 0. The number of nitrogens with zero attached hydrogens (tertiary/aromatic N) is 1. The van der Waals surface area contributed by atoms with Crippen LogP contribution in [0.15, 0.2) is 78.9 Å². The molecule has 0 saturated heterocycles. The van der Waals surface area contributed by atoms with Crippen LogP contribution in [0, 0.1) is 6.92 Å². The lowest BCUT2D eigenvalue weighted by atomic mass is 9.84. The van der Waals surface area contributed by atoms with Gasteiger partial charge < -0.3 is 4.40 Å². The molecule has 0 bridgehead atoms. The molecule has 0 amide bonds. The number of aryl methyl sites for hydroxylation is 1. The summed E-state index contributed by atoms with van der Waals surface area (Å²) in [5.74, 6) is 0.483. The minimum atomic E-state index is 0.483. The Kier molecular flexibility index (Phi) is 3.70. The summed E-state index contributed by atoms with van der Waals surface area (Å²) >= 11 is 0. The van der Waals surface area contributed by atoms with Gasteiger partial charge in [-0.1, -0.05) is 74.5 Å². The predicted octanol–water partition coefficient (Wildman–Crippen LogP) is 8.33. The Hall–Kier alpha value is -3.32. The molecule has 1 heteroatoms. The highest BCUT2D eigenvalue weighted by Gasteiger charge is 2.24. The molecule has 2 heterocycles. The third-order valence-corrected chi connectivity index (χ3v) is 6.95. The molecule has 0 aliphatic rings. The normalized spacial score (nSPS) is 13.2. The van der Waals surface area contributed by atoms with E-state index >= 15 is 0 Å². The molecule has 0 N–H and O–H groups in total. The van der Waals surface area contributed by atoms with Crippen molar-refractivity contribution in [3.05, 3.63) is 90.0 Å². The van der Waals surface area contributed by atoms with Crippen molar-refractivity contribution in [3.63, 3.8) is 0 Å². The summed E-state index contributed by atoms with van der Waals surface area (Å²) < 4.78 is 2.49. The van der Waals surface area contributed by atoms with Crippen molar-refractivity contribution in [1.29, 1.82) is 0 Å². The Bertz CT molecular complexity index is 1550. The lowest BCUT2D eigenvalue weighted by molar-refractivity contribution is 0.742. The van der Waals surface area contributed by atoms with Gasteiger partial charge in [0.1, 0.15) is 0 Å². The molecule has 0 fully saturated rings. The van der Waals surface area contributed by atoms with Gasteiger partial charge in [-0.15, -0.1) is 0 Å². The number of aromatic nitrogens is 1. The van der Waals surface area contributed by atoms with Crippen molar-refractivity contribution in [2.75, 3.05) is 0 Å². The van der Waals surface area contributed by atoms with Crippen LogP contribution in [0.5, 0.6) is 0 Å². The highest BCUT2D eigenvalue weighted by Crippen LogP contribution is 2.47. The van der Waals surface area contributed by atoms with E-state index in [-0.39, 0.29) is 0 Å². The minimum Gasteiger partial charge on any atom is -0.308 e. The molecule has 6 rings (SSSR count). The van der Waals surface area contributed by atoms with E-state index in [1.807, 2.05) is 0 Å². The van der Waals surface area contributed by atoms with Crippen LogP contribution < -0.4 is 0 Å². The first kappa shape index (κ1) is 17.5. The topological polar surface area (TPSA) is 4.41 Å². The largest absolute Gasteiger partial charge is 0.308 e. The van der Waals surface area contributed by atoms with Crippen LogP contribution in [0.3, 0.4) is 0 Å². The van der Waals surface area contributed by atoms with Crippen molar-refractivity contribution >= 4 is 38.1 Å². The van der Waals surface area contributed by atoms with Crippen molar-refractivity contribution in [3.8, 4) is 11.1 Å². The number of benzene rings is 4. The third kappa shape index (κ3) is 2.18. The van der Waals surface area contributed by atoms with Gasteiger partial charge in [-0.25, -0.2) is 0 Å². The fraction of sp³-hybridized carbons (Fsp3) is 0.172. The third-order valence-electron chi connectivity index (χ3n) is 6.95. The molecule has 6 aromatic rings. The first-order chi connectivity index (χ1) is 14.7. The van der Waals surface area contributed by atoms with E-state index in [2.05, 4.69) is 104 Å². The quantitative estimate of drug-likeness (QED) is 0.287. The van der Waals surface area contributed by atoms with E-state index in [0.29, 0.717) is 5.92 Å². The van der Waals surface area contributed by atoms with Crippen molar-refractivity contribution < 1.29 is 0 Å². The molecule has 0 saturated carbocycles. The fourth-order valence-corrected chi connectivity index (χ4v) is 5.36. The van der Waals surface area contributed by atoms with Crippen molar-refractivity contribution in [2.45, 2.75) is 33.1 Å². The monoisotopic (exact) mass is 387 g/mol. The van der Waals surface area contributed by atoms with E-state index in [1.165, 1.54) is 60.3 Å². The van der Waals surface area contributed by atoms with E-state index in [0.717, 1.165) is 6.42 Å². The highest BCUT2D eigenvalue weighted by atomic mass is 14.9. The summed E-state index contributed by atoms with van der Waals surface area (Å²) in [6, 6.07) is 29.1. The van der Waals surface area contributed by atoms with Gasteiger partial charge >= 0.3 is 0 Å². The van der Waals surface area contributed by atoms with Crippen LogP contribution in [0.1, 0.15) is 37.3 Å². The molecule has 0 radical (unpaired) electrons. The average Bonchev–Trinajstić information content (AvgIpc) is 3.30. The first-order valence-electron chi connectivity index (χ1n) is 11.0. The van der Waals surface area contributed by atoms with Crippen LogP contribution in [0.25, 0.3) is 49.2 Å². The number of hydrogen-bond donors (Lipinski definition) is 0. The van der Waals surface area contributed by atoms with Gasteiger partial charge in [-0.05, 0) is 59.7 Å². The Morgan fingerprint density at radius 2 is 1.37 bits per heavy atom. The lowest BCUT2D eigenvalue weighted by Crippen LogP contribution is -1.98. The molecular formula is C29H25N. The van der Waals surface area contributed by atoms with E-state index in [4.69, 9.17) is 0 Å². The van der Waals surface area contributed by atoms with Crippen LogP contribution >= 0.6 is 0 Å². The van der Waals surface area contributed by atoms with E-state index in [1.54, 1.807) is 0 Å². The predicted molar refractivity (Wildman–Crippen MR) is 130 cm³/mol. The van der Waals surface area contributed by atoms with E-state index in [9.17, 15) is 0 Å². The van der Waals surface area contributed by atoms with Gasteiger partial charge in [-0.2, -0.15) is 0 Å². The number of fused-ring (bicyclic) bond motifs is 6. The molecule has 1 unspecified atom stereocenters. The second kappa shape index (κ2) is 6.34. The maximum Gasteiger partial charge on any atom is 0.0623 e. The summed E-state index contributed by atoms with van der Waals surface area (Å²) in [5, 5.41) is 5.51. The summed E-state index contributed by atoms with van der Waals surface area (Å²) in [6.45, 7) is 6.92. The van der Waals surface area contributed by atoms with E-state index < -0.39 is 0 Å². The SMILES string of the molecule is CCC(C)c1c(-c2ccccc2C)cc2c3ccccc3n3c4ccccc4c1c23. The highest BCUT2D eigenvalue weighted by molar-refractivity contribution is 6.25. The summed E-state index contributed by atoms with van der Waals surface area (Å²) in [7, 11) is 0. The zero-order valence-electron chi connectivity index (χ0n) is 17.7.